The number of aromatic nitrogens is 3. The minimum atomic E-state index is -3.50. The maximum atomic E-state index is 12.5. The molecule has 1 saturated heterocycles. The smallest absolute Gasteiger partial charge is 0.260 e. The molecule has 0 unspecified atom stereocenters. The van der Waals surface area contributed by atoms with Gasteiger partial charge in [-0.2, -0.15) is 4.31 Å². The first-order chi connectivity index (χ1) is 12.1. The second-order valence-corrected chi connectivity index (χ2v) is 7.87. The summed E-state index contributed by atoms with van der Waals surface area (Å²) in [5.41, 5.74) is 0.831. The second kappa shape index (κ2) is 6.45. The molecule has 0 radical (unpaired) electrons. The van der Waals surface area contributed by atoms with Crippen LogP contribution in [0.3, 0.4) is 0 Å². The molecule has 8 heteroatoms. The summed E-state index contributed by atoms with van der Waals surface area (Å²) in [6, 6.07) is 9.73. The Labute approximate surface area is 145 Å². The maximum Gasteiger partial charge on any atom is 0.260 e. The monoisotopic (exact) mass is 358 g/mol. The fourth-order valence-electron chi connectivity index (χ4n) is 3.06. The number of nitrogens with one attached hydrogen (secondary N) is 1. The van der Waals surface area contributed by atoms with Crippen LogP contribution in [-0.2, 0) is 10.0 Å². The number of pyridine rings is 1. The third-order valence-electron chi connectivity index (χ3n) is 4.38. The molecule has 25 heavy (non-hydrogen) atoms. The molecule has 0 aliphatic carbocycles. The number of hydrogen-bond donors (Lipinski definition) is 1. The molecular weight excluding hydrogens is 340 g/mol. The molecular formula is C17H18N4O3S. The lowest BCUT2D eigenvalue weighted by atomic mass is 10.1. The summed E-state index contributed by atoms with van der Waals surface area (Å²) in [4.78, 5) is 10.8. The van der Waals surface area contributed by atoms with Crippen molar-refractivity contribution >= 4 is 20.9 Å². The molecule has 0 bridgehead atoms. The minimum Gasteiger partial charge on any atom is -0.488 e. The van der Waals surface area contributed by atoms with Gasteiger partial charge in [-0.05, 0) is 25.0 Å². The van der Waals surface area contributed by atoms with Crippen molar-refractivity contribution in [3.8, 4) is 5.75 Å². The summed E-state index contributed by atoms with van der Waals surface area (Å²) in [6.07, 6.45) is 5.69. The summed E-state index contributed by atoms with van der Waals surface area (Å²) in [6.45, 7) is 0.842. The molecule has 1 fully saturated rings. The van der Waals surface area contributed by atoms with E-state index in [1.807, 2.05) is 30.3 Å². The molecule has 1 N–H and O–H groups in total. The Balaban J connectivity index is 1.46. The van der Waals surface area contributed by atoms with E-state index in [0.29, 0.717) is 25.9 Å². The molecule has 3 heterocycles. The zero-order valence-corrected chi connectivity index (χ0v) is 14.3. The van der Waals surface area contributed by atoms with E-state index < -0.39 is 10.0 Å². The number of sulfonamides is 1. The van der Waals surface area contributed by atoms with Gasteiger partial charge in [0.15, 0.2) is 5.03 Å². The van der Waals surface area contributed by atoms with Crippen molar-refractivity contribution in [2.24, 2.45) is 0 Å². The normalized spacial score (nSPS) is 17.0. The average molecular weight is 358 g/mol. The summed E-state index contributed by atoms with van der Waals surface area (Å²) < 4.78 is 32.6. The Hall–Kier alpha value is -2.45. The van der Waals surface area contributed by atoms with Gasteiger partial charge in [-0.1, -0.05) is 18.2 Å². The van der Waals surface area contributed by atoms with E-state index in [0.717, 1.165) is 16.7 Å². The molecule has 130 valence electrons. The van der Waals surface area contributed by atoms with Crippen molar-refractivity contribution in [2.75, 3.05) is 13.1 Å². The second-order valence-electron chi connectivity index (χ2n) is 5.97. The predicted octanol–water partition coefficient (Wildman–Crippen LogP) is 2.19. The fraction of sp³-hybridized carbons (Fsp3) is 0.294. The molecule has 2 aromatic heterocycles. The van der Waals surface area contributed by atoms with Crippen molar-refractivity contribution < 1.29 is 13.2 Å². The largest absolute Gasteiger partial charge is 0.488 e. The number of para-hydroxylation sites is 1. The van der Waals surface area contributed by atoms with Gasteiger partial charge in [0, 0.05) is 24.7 Å². The number of rotatable bonds is 4. The zero-order valence-electron chi connectivity index (χ0n) is 13.5. The Morgan fingerprint density at radius 2 is 1.96 bits per heavy atom. The van der Waals surface area contributed by atoms with Crippen LogP contribution < -0.4 is 4.74 Å². The van der Waals surface area contributed by atoms with Crippen molar-refractivity contribution in [1.82, 2.24) is 19.3 Å². The molecule has 0 saturated carbocycles. The third-order valence-corrected chi connectivity index (χ3v) is 6.21. The first kappa shape index (κ1) is 16.0. The van der Waals surface area contributed by atoms with Gasteiger partial charge in [0.25, 0.3) is 10.0 Å². The van der Waals surface area contributed by atoms with E-state index in [9.17, 15) is 8.42 Å². The van der Waals surface area contributed by atoms with E-state index in [4.69, 9.17) is 4.74 Å². The van der Waals surface area contributed by atoms with Gasteiger partial charge in [-0.3, -0.25) is 4.98 Å². The van der Waals surface area contributed by atoms with E-state index >= 15 is 0 Å². The van der Waals surface area contributed by atoms with Gasteiger partial charge in [0.2, 0.25) is 0 Å². The molecule has 0 amide bonds. The third kappa shape index (κ3) is 3.10. The lowest BCUT2D eigenvalue weighted by Crippen LogP contribution is -2.41. The molecule has 1 aliphatic heterocycles. The molecule has 1 aromatic carbocycles. The number of ether oxygens (including phenoxy) is 1. The number of fused-ring (bicyclic) bond motifs is 1. The average Bonchev–Trinajstić information content (AvgIpc) is 3.18. The number of benzene rings is 1. The standard InChI is InChI=1S/C17H18N4O3S/c22-25(23,16-11-18-12-20-16)21-9-6-14(7-10-21)24-15-5-1-3-13-4-2-8-19-17(13)15/h1-5,8,11-12,14H,6-7,9-10H2,(H,18,20). The number of piperidine rings is 1. The highest BCUT2D eigenvalue weighted by Gasteiger charge is 2.31. The first-order valence-corrected chi connectivity index (χ1v) is 9.57. The van der Waals surface area contributed by atoms with Crippen LogP contribution in [-0.4, -0.2) is 46.9 Å². The lowest BCUT2D eigenvalue weighted by Gasteiger charge is -2.31. The van der Waals surface area contributed by atoms with E-state index in [-0.39, 0.29) is 11.1 Å². The Morgan fingerprint density at radius 1 is 1.16 bits per heavy atom. The van der Waals surface area contributed by atoms with Gasteiger partial charge in [0.1, 0.15) is 17.4 Å². The first-order valence-electron chi connectivity index (χ1n) is 8.13. The molecule has 0 atom stereocenters. The molecule has 4 rings (SSSR count). The quantitative estimate of drug-likeness (QED) is 0.772. The summed E-state index contributed by atoms with van der Waals surface area (Å²) in [5.74, 6) is 0.743. The van der Waals surface area contributed by atoms with Gasteiger partial charge < -0.3 is 9.72 Å². The van der Waals surface area contributed by atoms with Crippen LogP contribution in [0.1, 0.15) is 12.8 Å². The van der Waals surface area contributed by atoms with Crippen LogP contribution >= 0.6 is 0 Å². The van der Waals surface area contributed by atoms with E-state index in [1.54, 1.807) is 6.20 Å². The summed E-state index contributed by atoms with van der Waals surface area (Å²) >= 11 is 0. The van der Waals surface area contributed by atoms with Gasteiger partial charge in [0.05, 0.1) is 12.5 Å². The van der Waals surface area contributed by atoms with Crippen LogP contribution in [0.25, 0.3) is 10.9 Å². The van der Waals surface area contributed by atoms with Crippen molar-refractivity contribution in [3.63, 3.8) is 0 Å². The summed E-state index contributed by atoms with van der Waals surface area (Å²) in [7, 11) is -3.50. The van der Waals surface area contributed by atoms with Crippen LogP contribution in [0.15, 0.2) is 54.1 Å². The van der Waals surface area contributed by atoms with Crippen LogP contribution in [0, 0.1) is 0 Å². The van der Waals surface area contributed by atoms with Crippen LogP contribution in [0.5, 0.6) is 5.75 Å². The maximum absolute atomic E-state index is 12.5. The number of hydrogen-bond acceptors (Lipinski definition) is 5. The highest BCUT2D eigenvalue weighted by Crippen LogP contribution is 2.27. The molecule has 7 nitrogen and oxygen atoms in total. The highest BCUT2D eigenvalue weighted by atomic mass is 32.2. The number of aromatic amines is 1. The molecule has 1 aliphatic rings. The SMILES string of the molecule is O=S(=O)(c1cnc[nH]1)N1CCC(Oc2cccc3cccnc23)CC1. The van der Waals surface area contributed by atoms with Gasteiger partial charge in [-0.25, -0.2) is 13.4 Å². The predicted molar refractivity (Wildman–Crippen MR) is 92.7 cm³/mol. The van der Waals surface area contributed by atoms with Crippen molar-refractivity contribution in [3.05, 3.63) is 49.1 Å². The molecule has 0 spiro atoms. The number of imidazole rings is 1. The zero-order chi connectivity index (χ0) is 17.3. The van der Waals surface area contributed by atoms with Crippen molar-refractivity contribution in [1.29, 1.82) is 0 Å². The van der Waals surface area contributed by atoms with Crippen molar-refractivity contribution in [2.45, 2.75) is 24.0 Å². The Bertz CT molecular complexity index is 959. The number of nitrogens with zero attached hydrogens (tertiary/aromatic N) is 3. The number of H-pyrrole nitrogens is 1. The van der Waals surface area contributed by atoms with Crippen LogP contribution in [0.2, 0.25) is 0 Å². The summed E-state index contributed by atoms with van der Waals surface area (Å²) in [5, 5.41) is 1.16. The lowest BCUT2D eigenvalue weighted by molar-refractivity contribution is 0.136. The fourth-order valence-corrected chi connectivity index (χ4v) is 4.43. The van der Waals surface area contributed by atoms with Crippen LogP contribution in [0.4, 0.5) is 0 Å². The highest BCUT2D eigenvalue weighted by molar-refractivity contribution is 7.89. The van der Waals surface area contributed by atoms with Gasteiger partial charge in [-0.15, -0.1) is 0 Å². The topological polar surface area (TPSA) is 88.2 Å². The van der Waals surface area contributed by atoms with E-state index in [1.165, 1.54) is 16.8 Å². The Kier molecular flexibility index (Phi) is 4.14. The van der Waals surface area contributed by atoms with E-state index in [2.05, 4.69) is 15.0 Å². The Morgan fingerprint density at radius 3 is 2.72 bits per heavy atom. The minimum absolute atomic E-state index is 0.0270. The van der Waals surface area contributed by atoms with Gasteiger partial charge >= 0.3 is 0 Å². The molecule has 3 aromatic rings.